The fourth-order valence-corrected chi connectivity index (χ4v) is 1.94. The molecule has 2 amide bonds. The maximum atomic E-state index is 11.9. The first-order valence-corrected chi connectivity index (χ1v) is 6.43. The van der Waals surface area contributed by atoms with Crippen molar-refractivity contribution in [3.05, 3.63) is 0 Å². The number of nitrogens with one attached hydrogen (secondary N) is 2. The number of ether oxygens (including phenoxy) is 1. The summed E-state index contributed by atoms with van der Waals surface area (Å²) in [5.74, 6) is -0.149. The summed E-state index contributed by atoms with van der Waals surface area (Å²) in [5.41, 5.74) is 0. The topological polar surface area (TPSA) is 70.7 Å². The highest BCUT2D eigenvalue weighted by Crippen LogP contribution is 2.08. The molecule has 0 bridgehead atoms. The summed E-state index contributed by atoms with van der Waals surface area (Å²) in [6.07, 6.45) is 2.12. The third-order valence-corrected chi connectivity index (χ3v) is 2.93. The molecular weight excluding hydrogens is 234 g/mol. The number of hydrogen-bond acceptors (Lipinski definition) is 4. The smallest absolute Gasteiger partial charge is 0.244 e. The van der Waals surface area contributed by atoms with Crippen LogP contribution in [0.4, 0.5) is 0 Å². The van der Waals surface area contributed by atoms with Gasteiger partial charge in [0, 0.05) is 26.7 Å². The van der Waals surface area contributed by atoms with Crippen LogP contribution in [-0.2, 0) is 14.3 Å². The van der Waals surface area contributed by atoms with Crippen LogP contribution in [0.3, 0.4) is 0 Å². The molecule has 1 unspecified atom stereocenters. The number of amides is 2. The second kappa shape index (κ2) is 8.05. The van der Waals surface area contributed by atoms with E-state index in [-0.39, 0.29) is 18.4 Å². The zero-order valence-corrected chi connectivity index (χ0v) is 11.2. The Bertz CT molecular complexity index is 278. The van der Waals surface area contributed by atoms with Gasteiger partial charge in [-0.1, -0.05) is 0 Å². The van der Waals surface area contributed by atoms with E-state index in [0.29, 0.717) is 13.2 Å². The van der Waals surface area contributed by atoms with Gasteiger partial charge in [0.1, 0.15) is 6.04 Å². The average Bonchev–Trinajstić information content (AvgIpc) is 2.87. The van der Waals surface area contributed by atoms with Gasteiger partial charge in [-0.25, -0.2) is 0 Å². The Labute approximate surface area is 108 Å². The average molecular weight is 257 g/mol. The lowest BCUT2D eigenvalue weighted by Crippen LogP contribution is -2.48. The molecule has 0 saturated carbocycles. The molecule has 1 saturated heterocycles. The Morgan fingerprint density at radius 2 is 2.00 bits per heavy atom. The van der Waals surface area contributed by atoms with Gasteiger partial charge in [-0.05, 0) is 19.8 Å². The molecule has 2 N–H and O–H groups in total. The molecule has 1 fully saturated rings. The van der Waals surface area contributed by atoms with Gasteiger partial charge in [0.15, 0.2) is 0 Å². The van der Waals surface area contributed by atoms with Gasteiger partial charge in [0.2, 0.25) is 11.8 Å². The number of likely N-dealkylation sites (tertiary alicyclic amines) is 1. The highest BCUT2D eigenvalue weighted by molar-refractivity contribution is 5.88. The van der Waals surface area contributed by atoms with Crippen molar-refractivity contribution >= 4 is 11.8 Å². The van der Waals surface area contributed by atoms with E-state index < -0.39 is 6.04 Å². The maximum absolute atomic E-state index is 11.9. The summed E-state index contributed by atoms with van der Waals surface area (Å²) in [6, 6.07) is -0.445. The third kappa shape index (κ3) is 5.01. The summed E-state index contributed by atoms with van der Waals surface area (Å²) in [4.78, 5) is 25.3. The molecule has 0 aromatic rings. The van der Waals surface area contributed by atoms with Crippen LogP contribution < -0.4 is 10.6 Å². The van der Waals surface area contributed by atoms with E-state index in [1.165, 1.54) is 0 Å². The fraction of sp³-hybridized carbons (Fsp3) is 0.833. The monoisotopic (exact) mass is 257 g/mol. The zero-order chi connectivity index (χ0) is 13.4. The normalized spacial score (nSPS) is 16.7. The molecule has 0 aliphatic carbocycles. The molecule has 6 nitrogen and oxygen atoms in total. The first-order chi connectivity index (χ1) is 8.65. The van der Waals surface area contributed by atoms with E-state index >= 15 is 0 Å². The van der Waals surface area contributed by atoms with Crippen LogP contribution in [0.2, 0.25) is 0 Å². The Balaban J connectivity index is 2.19. The largest absolute Gasteiger partial charge is 0.383 e. The SMILES string of the molecule is COCCNCC(=O)NC(C)C(=O)N1CCCC1. The number of carbonyl (C=O) groups is 2. The van der Waals surface area contributed by atoms with Crippen LogP contribution in [0.25, 0.3) is 0 Å². The molecular formula is C12H23N3O3. The van der Waals surface area contributed by atoms with E-state index in [1.807, 2.05) is 4.90 Å². The van der Waals surface area contributed by atoms with Crippen molar-refractivity contribution < 1.29 is 14.3 Å². The summed E-state index contributed by atoms with van der Waals surface area (Å²) in [6.45, 7) is 4.75. The van der Waals surface area contributed by atoms with Crippen molar-refractivity contribution in [2.24, 2.45) is 0 Å². The second-order valence-corrected chi connectivity index (χ2v) is 4.49. The predicted molar refractivity (Wildman–Crippen MR) is 68.2 cm³/mol. The van der Waals surface area contributed by atoms with E-state index in [1.54, 1.807) is 14.0 Å². The number of nitrogens with zero attached hydrogens (tertiary/aromatic N) is 1. The molecule has 104 valence electrons. The molecule has 1 rings (SSSR count). The highest BCUT2D eigenvalue weighted by Gasteiger charge is 2.23. The van der Waals surface area contributed by atoms with Crippen molar-refractivity contribution in [1.82, 2.24) is 15.5 Å². The molecule has 0 spiro atoms. The zero-order valence-electron chi connectivity index (χ0n) is 11.2. The molecule has 0 aromatic carbocycles. The van der Waals surface area contributed by atoms with Gasteiger partial charge in [0.05, 0.1) is 13.2 Å². The van der Waals surface area contributed by atoms with Crippen molar-refractivity contribution in [1.29, 1.82) is 0 Å². The lowest BCUT2D eigenvalue weighted by atomic mass is 10.3. The lowest BCUT2D eigenvalue weighted by molar-refractivity contribution is -0.134. The minimum Gasteiger partial charge on any atom is -0.383 e. The van der Waals surface area contributed by atoms with Gasteiger partial charge in [-0.2, -0.15) is 0 Å². The minimum atomic E-state index is -0.445. The molecule has 1 heterocycles. The molecule has 6 heteroatoms. The summed E-state index contributed by atoms with van der Waals surface area (Å²) < 4.78 is 4.86. The number of rotatable bonds is 7. The predicted octanol–water partition coefficient (Wildman–Crippen LogP) is -0.650. The van der Waals surface area contributed by atoms with Crippen molar-refractivity contribution in [2.75, 3.05) is 39.9 Å². The van der Waals surface area contributed by atoms with Gasteiger partial charge < -0.3 is 20.3 Å². The Morgan fingerprint density at radius 1 is 1.33 bits per heavy atom. The minimum absolute atomic E-state index is 0.0118. The molecule has 0 aromatic heterocycles. The van der Waals surface area contributed by atoms with Crippen LogP contribution in [-0.4, -0.2) is 62.7 Å². The van der Waals surface area contributed by atoms with E-state index in [4.69, 9.17) is 4.74 Å². The van der Waals surface area contributed by atoms with Crippen LogP contribution in [0, 0.1) is 0 Å². The summed E-state index contributed by atoms with van der Waals surface area (Å²) >= 11 is 0. The van der Waals surface area contributed by atoms with E-state index in [9.17, 15) is 9.59 Å². The van der Waals surface area contributed by atoms with Crippen LogP contribution in [0.15, 0.2) is 0 Å². The van der Waals surface area contributed by atoms with Gasteiger partial charge >= 0.3 is 0 Å². The Hall–Kier alpha value is -1.14. The first-order valence-electron chi connectivity index (χ1n) is 6.43. The van der Waals surface area contributed by atoms with Crippen LogP contribution in [0.5, 0.6) is 0 Å². The van der Waals surface area contributed by atoms with Crippen LogP contribution in [0.1, 0.15) is 19.8 Å². The van der Waals surface area contributed by atoms with Crippen LogP contribution >= 0.6 is 0 Å². The Morgan fingerprint density at radius 3 is 2.61 bits per heavy atom. The summed E-state index contributed by atoms with van der Waals surface area (Å²) in [5, 5.41) is 5.64. The molecule has 1 aliphatic rings. The second-order valence-electron chi connectivity index (χ2n) is 4.49. The fourth-order valence-electron chi connectivity index (χ4n) is 1.94. The van der Waals surface area contributed by atoms with Crippen molar-refractivity contribution in [3.63, 3.8) is 0 Å². The van der Waals surface area contributed by atoms with E-state index in [0.717, 1.165) is 25.9 Å². The standard InChI is InChI=1S/C12H23N3O3/c1-10(12(17)15-6-3-4-7-15)14-11(16)9-13-5-8-18-2/h10,13H,3-9H2,1-2H3,(H,14,16). The molecule has 1 atom stereocenters. The summed E-state index contributed by atoms with van der Waals surface area (Å²) in [7, 11) is 1.61. The quantitative estimate of drug-likeness (QED) is 0.595. The van der Waals surface area contributed by atoms with E-state index in [2.05, 4.69) is 10.6 Å². The van der Waals surface area contributed by atoms with Crippen molar-refractivity contribution in [2.45, 2.75) is 25.8 Å². The third-order valence-electron chi connectivity index (χ3n) is 2.93. The lowest BCUT2D eigenvalue weighted by Gasteiger charge is -2.21. The van der Waals surface area contributed by atoms with Gasteiger partial charge in [-0.15, -0.1) is 0 Å². The first kappa shape index (κ1) is 14.9. The number of carbonyl (C=O) groups excluding carboxylic acids is 2. The number of hydrogen-bond donors (Lipinski definition) is 2. The maximum Gasteiger partial charge on any atom is 0.244 e. The van der Waals surface area contributed by atoms with Gasteiger partial charge in [0.25, 0.3) is 0 Å². The molecule has 0 radical (unpaired) electrons. The molecule has 18 heavy (non-hydrogen) atoms. The molecule has 1 aliphatic heterocycles. The number of methoxy groups -OCH3 is 1. The van der Waals surface area contributed by atoms with Gasteiger partial charge in [-0.3, -0.25) is 9.59 Å². The Kier molecular flexibility index (Phi) is 6.67. The highest BCUT2D eigenvalue weighted by atomic mass is 16.5. The van der Waals surface area contributed by atoms with Crippen molar-refractivity contribution in [3.8, 4) is 0 Å².